The molecule has 0 aliphatic rings. The van der Waals surface area contributed by atoms with Crippen LogP contribution in [0.2, 0.25) is 0 Å². The van der Waals surface area contributed by atoms with Crippen molar-refractivity contribution in [2.75, 3.05) is 12.4 Å². The van der Waals surface area contributed by atoms with Crippen LogP contribution in [0.1, 0.15) is 39.2 Å². The van der Waals surface area contributed by atoms with Gasteiger partial charge < -0.3 is 15.4 Å². The number of rotatable bonds is 7. The van der Waals surface area contributed by atoms with Crippen molar-refractivity contribution in [3.05, 3.63) is 23.8 Å². The van der Waals surface area contributed by atoms with E-state index in [1.165, 1.54) is 6.92 Å². The summed E-state index contributed by atoms with van der Waals surface area (Å²) in [5.74, 6) is 0.557. The van der Waals surface area contributed by atoms with Gasteiger partial charge >= 0.3 is 0 Å². The predicted molar refractivity (Wildman–Crippen MR) is 83.2 cm³/mol. The summed E-state index contributed by atoms with van der Waals surface area (Å²) < 4.78 is 5.20. The quantitative estimate of drug-likeness (QED) is 0.812. The lowest BCUT2D eigenvalue weighted by Gasteiger charge is -2.14. The molecule has 5 nitrogen and oxygen atoms in total. The molecule has 116 valence electrons. The van der Waals surface area contributed by atoms with Crippen LogP contribution in [0.3, 0.4) is 0 Å². The highest BCUT2D eigenvalue weighted by Gasteiger charge is 2.13. The molecule has 0 unspecified atom stereocenters. The first-order valence-corrected chi connectivity index (χ1v) is 7.24. The number of carbonyl (C=O) groups excluding carboxylic acids is 2. The lowest BCUT2D eigenvalue weighted by atomic mass is 10.0. The van der Waals surface area contributed by atoms with Crippen LogP contribution in [0.4, 0.5) is 5.69 Å². The Labute approximate surface area is 126 Å². The summed E-state index contributed by atoms with van der Waals surface area (Å²) in [6.45, 7) is 5.90. The molecule has 0 aromatic heterocycles. The normalized spacial score (nSPS) is 10.3. The topological polar surface area (TPSA) is 67.4 Å². The summed E-state index contributed by atoms with van der Waals surface area (Å²) in [7, 11) is 1.55. The largest absolute Gasteiger partial charge is 0.495 e. The van der Waals surface area contributed by atoms with E-state index in [-0.39, 0.29) is 17.7 Å². The van der Waals surface area contributed by atoms with E-state index < -0.39 is 0 Å². The molecule has 2 N–H and O–H groups in total. The Kier molecular flexibility index (Phi) is 6.72. The minimum absolute atomic E-state index is 0.0538. The maximum atomic E-state index is 12.0. The second kappa shape index (κ2) is 8.29. The summed E-state index contributed by atoms with van der Waals surface area (Å²) >= 11 is 0. The average Bonchev–Trinajstić information content (AvgIpc) is 2.46. The van der Waals surface area contributed by atoms with Gasteiger partial charge in [0.25, 0.3) is 0 Å². The number of hydrogen-bond donors (Lipinski definition) is 2. The van der Waals surface area contributed by atoms with E-state index in [0.29, 0.717) is 18.0 Å². The van der Waals surface area contributed by atoms with E-state index in [0.717, 1.165) is 18.4 Å². The summed E-state index contributed by atoms with van der Waals surface area (Å²) in [6.07, 6.45) is 1.67. The molecule has 0 heterocycles. The van der Waals surface area contributed by atoms with Crippen LogP contribution < -0.4 is 15.4 Å². The van der Waals surface area contributed by atoms with Crippen molar-refractivity contribution in [1.29, 1.82) is 0 Å². The molecule has 0 aliphatic heterocycles. The van der Waals surface area contributed by atoms with E-state index in [1.807, 2.05) is 26.0 Å². The first-order valence-electron chi connectivity index (χ1n) is 7.24. The second-order valence-corrected chi connectivity index (χ2v) is 4.95. The molecule has 0 aliphatic carbocycles. The first-order chi connectivity index (χ1) is 10.0. The highest BCUT2D eigenvalue weighted by atomic mass is 16.5. The zero-order chi connectivity index (χ0) is 15.8. The molecule has 1 rings (SSSR count). The molecule has 2 amide bonds. The van der Waals surface area contributed by atoms with Crippen LogP contribution in [-0.2, 0) is 16.1 Å². The Hall–Kier alpha value is -2.04. The highest BCUT2D eigenvalue weighted by molar-refractivity contribution is 5.90. The third-order valence-electron chi connectivity index (χ3n) is 3.40. The third-order valence-corrected chi connectivity index (χ3v) is 3.40. The number of benzene rings is 1. The minimum atomic E-state index is -0.161. The predicted octanol–water partition coefficient (Wildman–Crippen LogP) is 2.71. The van der Waals surface area contributed by atoms with Gasteiger partial charge in [0, 0.05) is 19.4 Å². The summed E-state index contributed by atoms with van der Waals surface area (Å²) in [5.41, 5.74) is 1.53. The fourth-order valence-corrected chi connectivity index (χ4v) is 2.15. The van der Waals surface area contributed by atoms with Crippen LogP contribution in [0.25, 0.3) is 0 Å². The number of nitrogens with one attached hydrogen (secondary N) is 2. The van der Waals surface area contributed by atoms with E-state index >= 15 is 0 Å². The first kappa shape index (κ1) is 17.0. The van der Waals surface area contributed by atoms with E-state index in [9.17, 15) is 9.59 Å². The molecule has 0 saturated heterocycles. The van der Waals surface area contributed by atoms with Crippen molar-refractivity contribution in [3.63, 3.8) is 0 Å². The Morgan fingerprint density at radius 3 is 2.43 bits per heavy atom. The van der Waals surface area contributed by atoms with Gasteiger partial charge in [-0.3, -0.25) is 9.59 Å². The number of methoxy groups -OCH3 is 1. The van der Waals surface area contributed by atoms with Gasteiger partial charge in [-0.2, -0.15) is 0 Å². The van der Waals surface area contributed by atoms with Crippen molar-refractivity contribution in [1.82, 2.24) is 5.32 Å². The zero-order valence-electron chi connectivity index (χ0n) is 13.2. The van der Waals surface area contributed by atoms with Crippen molar-refractivity contribution < 1.29 is 14.3 Å². The van der Waals surface area contributed by atoms with Crippen LogP contribution in [-0.4, -0.2) is 18.9 Å². The molecule has 0 fully saturated rings. The van der Waals surface area contributed by atoms with Gasteiger partial charge in [-0.05, 0) is 30.5 Å². The Morgan fingerprint density at radius 1 is 1.24 bits per heavy atom. The Balaban J connectivity index is 2.75. The number of hydrogen-bond acceptors (Lipinski definition) is 3. The molecule has 0 spiro atoms. The van der Waals surface area contributed by atoms with Crippen LogP contribution in [0.15, 0.2) is 18.2 Å². The molecular weight excluding hydrogens is 268 g/mol. The standard InChI is InChI=1S/C16H24N2O3/c1-5-13(6-2)16(20)17-10-12-7-8-15(21-4)14(9-12)18-11(3)19/h7-9,13H,5-6,10H2,1-4H3,(H,17,20)(H,18,19). The fraction of sp³-hybridized carbons (Fsp3) is 0.500. The fourth-order valence-electron chi connectivity index (χ4n) is 2.15. The van der Waals surface area contributed by atoms with E-state index in [1.54, 1.807) is 13.2 Å². The summed E-state index contributed by atoms with van der Waals surface area (Å²) in [6, 6.07) is 5.47. The van der Waals surface area contributed by atoms with E-state index in [4.69, 9.17) is 4.74 Å². The molecule has 1 aromatic rings. The molecule has 0 bridgehead atoms. The third kappa shape index (κ3) is 5.10. The summed E-state index contributed by atoms with van der Waals surface area (Å²) in [4.78, 5) is 23.1. The van der Waals surface area contributed by atoms with Gasteiger partial charge in [0.2, 0.25) is 11.8 Å². The SMILES string of the molecule is CCC(CC)C(=O)NCc1ccc(OC)c(NC(C)=O)c1. The van der Waals surface area contributed by atoms with E-state index in [2.05, 4.69) is 10.6 Å². The summed E-state index contributed by atoms with van der Waals surface area (Å²) in [5, 5.41) is 5.65. The van der Waals surface area contributed by atoms with Gasteiger partial charge in [-0.1, -0.05) is 19.9 Å². The van der Waals surface area contributed by atoms with Crippen molar-refractivity contribution in [2.45, 2.75) is 40.2 Å². The minimum Gasteiger partial charge on any atom is -0.495 e. The second-order valence-electron chi connectivity index (χ2n) is 4.95. The van der Waals surface area contributed by atoms with Gasteiger partial charge in [0.1, 0.15) is 5.75 Å². The molecule has 21 heavy (non-hydrogen) atoms. The molecule has 0 atom stereocenters. The van der Waals surface area contributed by atoms with Crippen LogP contribution in [0, 0.1) is 5.92 Å². The van der Waals surface area contributed by atoms with Gasteiger partial charge in [-0.15, -0.1) is 0 Å². The molecule has 0 saturated carbocycles. The monoisotopic (exact) mass is 292 g/mol. The molecular formula is C16H24N2O3. The number of carbonyl (C=O) groups is 2. The number of anilines is 1. The molecule has 5 heteroatoms. The van der Waals surface area contributed by atoms with Gasteiger partial charge in [0.05, 0.1) is 12.8 Å². The average molecular weight is 292 g/mol. The zero-order valence-corrected chi connectivity index (χ0v) is 13.2. The Morgan fingerprint density at radius 2 is 1.90 bits per heavy atom. The lowest BCUT2D eigenvalue weighted by Crippen LogP contribution is -2.29. The molecule has 1 aromatic carbocycles. The lowest BCUT2D eigenvalue weighted by molar-refractivity contribution is -0.125. The van der Waals surface area contributed by atoms with Crippen LogP contribution >= 0.6 is 0 Å². The van der Waals surface area contributed by atoms with Crippen LogP contribution in [0.5, 0.6) is 5.75 Å². The Bertz CT molecular complexity index is 496. The molecule has 0 radical (unpaired) electrons. The maximum Gasteiger partial charge on any atom is 0.223 e. The van der Waals surface area contributed by atoms with Crippen molar-refractivity contribution >= 4 is 17.5 Å². The van der Waals surface area contributed by atoms with Gasteiger partial charge in [-0.25, -0.2) is 0 Å². The number of ether oxygens (including phenoxy) is 1. The smallest absolute Gasteiger partial charge is 0.223 e. The van der Waals surface area contributed by atoms with Crippen molar-refractivity contribution in [2.24, 2.45) is 5.92 Å². The highest BCUT2D eigenvalue weighted by Crippen LogP contribution is 2.25. The van der Waals surface area contributed by atoms with Gasteiger partial charge in [0.15, 0.2) is 0 Å². The maximum absolute atomic E-state index is 12.0. The van der Waals surface area contributed by atoms with Crippen molar-refractivity contribution in [3.8, 4) is 5.75 Å². The number of amides is 2.